The van der Waals surface area contributed by atoms with Gasteiger partial charge in [-0.25, -0.2) is 4.90 Å². The smallest absolute Gasteiger partial charge is 0.257 e. The molecule has 2 aromatic carbocycles. The molecule has 1 aromatic heterocycles. The van der Waals surface area contributed by atoms with Crippen molar-refractivity contribution in [2.75, 3.05) is 4.90 Å². The van der Waals surface area contributed by atoms with Crippen LogP contribution in [0.4, 0.5) is 11.4 Å². The number of halogens is 2. The minimum absolute atomic E-state index is 0.103. The molecule has 0 bridgehead atoms. The van der Waals surface area contributed by atoms with Crippen molar-refractivity contribution in [2.45, 2.75) is 12.5 Å². The molecule has 0 saturated carbocycles. The van der Waals surface area contributed by atoms with Crippen molar-refractivity contribution in [3.05, 3.63) is 67.4 Å². The minimum atomic E-state index is -0.922. The van der Waals surface area contributed by atoms with E-state index in [9.17, 15) is 14.7 Å². The predicted molar refractivity (Wildman–Crippen MR) is 121 cm³/mol. The Kier molecular flexibility index (Phi) is 5.75. The van der Waals surface area contributed by atoms with E-state index in [2.05, 4.69) is 4.99 Å². The Hall–Kier alpha value is -2.52. The molecule has 1 fully saturated rings. The topological polar surface area (TPSA) is 74.9 Å². The quantitative estimate of drug-likeness (QED) is 0.303. The van der Waals surface area contributed by atoms with Crippen LogP contribution in [-0.4, -0.2) is 27.7 Å². The van der Waals surface area contributed by atoms with E-state index in [0.29, 0.717) is 26.3 Å². The highest BCUT2D eigenvalue weighted by Gasteiger charge is 2.42. The van der Waals surface area contributed by atoms with Crippen LogP contribution in [0.1, 0.15) is 17.3 Å². The van der Waals surface area contributed by atoms with Crippen molar-refractivity contribution in [1.82, 2.24) is 4.57 Å². The van der Waals surface area contributed by atoms with Gasteiger partial charge in [0.2, 0.25) is 11.8 Å². The number of aliphatic imine (C=N–C) groups is 1. The third kappa shape index (κ3) is 3.91. The zero-order valence-electron chi connectivity index (χ0n) is 15.2. The summed E-state index contributed by atoms with van der Waals surface area (Å²) < 4.78 is 1.58. The number of amides is 2. The molecule has 152 valence electrons. The van der Waals surface area contributed by atoms with Gasteiger partial charge in [-0.05, 0) is 60.7 Å². The molecule has 10 heteroatoms. The molecule has 0 spiro atoms. The summed E-state index contributed by atoms with van der Waals surface area (Å²) in [6.45, 7) is 0. The number of aromatic nitrogens is 1. The van der Waals surface area contributed by atoms with Crippen molar-refractivity contribution in [3.8, 4) is 5.88 Å². The average molecular weight is 478 g/mol. The Labute approximate surface area is 190 Å². The highest BCUT2D eigenvalue weighted by atomic mass is 35.5. The van der Waals surface area contributed by atoms with E-state index in [4.69, 9.17) is 35.4 Å². The van der Waals surface area contributed by atoms with Crippen LogP contribution in [0.25, 0.3) is 0 Å². The maximum Gasteiger partial charge on any atom is 0.257 e. The second kappa shape index (κ2) is 8.31. The van der Waals surface area contributed by atoms with Crippen molar-refractivity contribution >= 4 is 76.2 Å². The van der Waals surface area contributed by atoms with Crippen LogP contribution < -0.4 is 4.90 Å². The molecule has 30 heavy (non-hydrogen) atoms. The summed E-state index contributed by atoms with van der Waals surface area (Å²) in [6.07, 6.45) is 1.36. The molecule has 0 aliphatic carbocycles. The standard InChI is InChI=1S/C20H13Cl2N3O3S2/c21-11-1-5-13(6-2-11)23-10-16-19(28)25(20(29)30-16)15-9-17(26)24(18(15)27)14-7-3-12(22)4-8-14/h1-8,10,15,28H,9H2. The molecule has 4 rings (SSSR count). The molecule has 2 amide bonds. The maximum absolute atomic E-state index is 13.0. The number of thiazole rings is 1. The van der Waals surface area contributed by atoms with E-state index < -0.39 is 11.9 Å². The molecule has 1 unspecified atom stereocenters. The first-order valence-electron chi connectivity index (χ1n) is 8.71. The summed E-state index contributed by atoms with van der Waals surface area (Å²) in [6, 6.07) is 12.3. The summed E-state index contributed by atoms with van der Waals surface area (Å²) >= 11 is 18.2. The Morgan fingerprint density at radius 1 is 1.07 bits per heavy atom. The van der Waals surface area contributed by atoms with Crippen molar-refractivity contribution < 1.29 is 14.7 Å². The predicted octanol–water partition coefficient (Wildman–Crippen LogP) is 5.55. The molecule has 1 aliphatic rings. The normalized spacial score (nSPS) is 16.7. The van der Waals surface area contributed by atoms with Crippen LogP contribution in [-0.2, 0) is 9.59 Å². The number of imide groups is 1. The maximum atomic E-state index is 13.0. The van der Waals surface area contributed by atoms with E-state index >= 15 is 0 Å². The molecular formula is C20H13Cl2N3O3S2. The van der Waals surface area contributed by atoms with Crippen LogP contribution in [0, 0.1) is 3.95 Å². The fourth-order valence-electron chi connectivity index (χ4n) is 3.09. The first-order valence-corrected chi connectivity index (χ1v) is 10.7. The zero-order valence-corrected chi connectivity index (χ0v) is 18.3. The molecule has 2 heterocycles. The molecular weight excluding hydrogens is 465 g/mol. The van der Waals surface area contributed by atoms with Gasteiger partial charge in [0.1, 0.15) is 10.9 Å². The van der Waals surface area contributed by atoms with Crippen LogP contribution in [0.5, 0.6) is 5.88 Å². The van der Waals surface area contributed by atoms with E-state index in [1.54, 1.807) is 48.5 Å². The van der Waals surface area contributed by atoms with Crippen molar-refractivity contribution in [1.29, 1.82) is 0 Å². The number of hydrogen-bond acceptors (Lipinski definition) is 6. The number of carbonyl (C=O) groups is 2. The molecule has 1 N–H and O–H groups in total. The number of benzene rings is 2. The number of anilines is 1. The highest BCUT2D eigenvalue weighted by molar-refractivity contribution is 7.73. The lowest BCUT2D eigenvalue weighted by Gasteiger charge is -2.16. The Morgan fingerprint density at radius 2 is 1.67 bits per heavy atom. The number of nitrogens with zero attached hydrogens (tertiary/aromatic N) is 3. The Bertz CT molecular complexity index is 1220. The van der Waals surface area contributed by atoms with E-state index in [1.165, 1.54) is 10.8 Å². The van der Waals surface area contributed by atoms with Crippen LogP contribution >= 0.6 is 46.8 Å². The number of aromatic hydroxyl groups is 1. The van der Waals surface area contributed by atoms with Gasteiger partial charge in [0.15, 0.2) is 3.95 Å². The average Bonchev–Trinajstić information content (AvgIpc) is 3.16. The highest BCUT2D eigenvalue weighted by Crippen LogP contribution is 2.36. The SMILES string of the molecule is O=C1CC(n2c(O)c(C=Nc3ccc(Cl)cc3)sc2=S)C(=O)N1c1ccc(Cl)cc1. The number of hydrogen-bond donors (Lipinski definition) is 1. The van der Waals surface area contributed by atoms with Crippen molar-refractivity contribution in [3.63, 3.8) is 0 Å². The van der Waals surface area contributed by atoms with Crippen LogP contribution in [0.2, 0.25) is 10.0 Å². The van der Waals surface area contributed by atoms with Gasteiger partial charge >= 0.3 is 0 Å². The molecule has 1 saturated heterocycles. The first-order chi connectivity index (χ1) is 14.3. The third-order valence-corrected chi connectivity index (χ3v) is 6.35. The van der Waals surface area contributed by atoms with E-state index in [1.807, 2.05) is 0 Å². The zero-order chi connectivity index (χ0) is 21.4. The summed E-state index contributed by atoms with van der Waals surface area (Å²) in [4.78, 5) is 31.3. The van der Waals surface area contributed by atoms with Gasteiger partial charge in [-0.3, -0.25) is 19.1 Å². The van der Waals surface area contributed by atoms with E-state index in [-0.39, 0.29) is 22.2 Å². The molecule has 1 aliphatic heterocycles. The minimum Gasteiger partial charge on any atom is -0.493 e. The van der Waals surface area contributed by atoms with Gasteiger partial charge in [-0.2, -0.15) is 0 Å². The van der Waals surface area contributed by atoms with E-state index in [0.717, 1.165) is 16.2 Å². The monoisotopic (exact) mass is 477 g/mol. The second-order valence-electron chi connectivity index (χ2n) is 6.42. The lowest BCUT2D eigenvalue weighted by molar-refractivity contribution is -0.122. The van der Waals surface area contributed by atoms with Gasteiger partial charge in [0.25, 0.3) is 5.91 Å². The lowest BCUT2D eigenvalue weighted by Crippen LogP contribution is -2.31. The van der Waals surface area contributed by atoms with Gasteiger partial charge in [-0.15, -0.1) is 0 Å². The number of carbonyl (C=O) groups excluding carboxylic acids is 2. The molecule has 6 nitrogen and oxygen atoms in total. The largest absolute Gasteiger partial charge is 0.493 e. The van der Waals surface area contributed by atoms with Gasteiger partial charge in [0.05, 0.1) is 24.0 Å². The Balaban J connectivity index is 1.64. The van der Waals surface area contributed by atoms with Gasteiger partial charge in [0, 0.05) is 10.0 Å². The summed E-state index contributed by atoms with van der Waals surface area (Å²) in [5.41, 5.74) is 1.06. The fraction of sp³-hybridized carbons (Fsp3) is 0.100. The Morgan fingerprint density at radius 3 is 2.30 bits per heavy atom. The van der Waals surface area contributed by atoms with Crippen LogP contribution in [0.3, 0.4) is 0 Å². The lowest BCUT2D eigenvalue weighted by atomic mass is 10.2. The van der Waals surface area contributed by atoms with Gasteiger partial charge < -0.3 is 5.11 Å². The molecule has 1 atom stereocenters. The van der Waals surface area contributed by atoms with Crippen LogP contribution in [0.15, 0.2) is 53.5 Å². The first kappa shape index (κ1) is 20.7. The summed E-state index contributed by atoms with van der Waals surface area (Å²) in [7, 11) is 0. The third-order valence-electron chi connectivity index (χ3n) is 4.52. The molecule has 0 radical (unpaired) electrons. The summed E-state index contributed by atoms with van der Waals surface area (Å²) in [5.74, 6) is -1.05. The summed E-state index contributed by atoms with van der Waals surface area (Å²) in [5, 5.41) is 11.8. The second-order valence-corrected chi connectivity index (χ2v) is 8.97. The van der Waals surface area contributed by atoms with Gasteiger partial charge in [-0.1, -0.05) is 34.5 Å². The molecule has 3 aromatic rings. The number of rotatable bonds is 4. The van der Waals surface area contributed by atoms with Crippen molar-refractivity contribution in [2.24, 2.45) is 4.99 Å². The fourth-order valence-corrected chi connectivity index (χ4v) is 4.62.